The zero-order chi connectivity index (χ0) is 14.2. The number of benzene rings is 1. The van der Waals surface area contributed by atoms with Crippen LogP contribution in [0.25, 0.3) is 0 Å². The molecule has 1 aliphatic carbocycles. The molecule has 0 amide bonds. The van der Waals surface area contributed by atoms with Gasteiger partial charge in [-0.2, -0.15) is 0 Å². The summed E-state index contributed by atoms with van der Waals surface area (Å²) < 4.78 is 5.90. The maximum absolute atomic E-state index is 5.90. The summed E-state index contributed by atoms with van der Waals surface area (Å²) in [6, 6.07) is 8.33. The van der Waals surface area contributed by atoms with Gasteiger partial charge in [0.15, 0.2) is 0 Å². The van der Waals surface area contributed by atoms with Gasteiger partial charge < -0.3 is 14.5 Å². The van der Waals surface area contributed by atoms with Crippen LogP contribution in [0, 0.1) is 5.92 Å². The highest BCUT2D eigenvalue weighted by atomic mass is 35.5. The second kappa shape index (κ2) is 6.35. The molecule has 0 atom stereocenters. The minimum Gasteiger partial charge on any atom is -0.462 e. The molecule has 118 valence electrons. The van der Waals surface area contributed by atoms with Gasteiger partial charge >= 0.3 is 0 Å². The lowest BCUT2D eigenvalue weighted by atomic mass is 10.2. The molecule has 2 aliphatic heterocycles. The Morgan fingerprint density at radius 3 is 2.91 bits per heavy atom. The first-order valence-corrected chi connectivity index (χ1v) is 7.87. The molecule has 2 heterocycles. The summed E-state index contributed by atoms with van der Waals surface area (Å²) in [5, 5.41) is 0. The molecule has 3 nitrogen and oxygen atoms in total. The number of fused-ring (bicyclic) bond motifs is 2. The van der Waals surface area contributed by atoms with Gasteiger partial charge in [-0.25, -0.2) is 0 Å². The van der Waals surface area contributed by atoms with Gasteiger partial charge in [0.05, 0.1) is 5.70 Å². The van der Waals surface area contributed by atoms with E-state index >= 15 is 0 Å². The Morgan fingerprint density at radius 2 is 2.09 bits per heavy atom. The first-order chi connectivity index (χ1) is 10.3. The monoisotopic (exact) mass is 318 g/mol. The molecule has 0 N–H and O–H groups in total. The summed E-state index contributed by atoms with van der Waals surface area (Å²) in [5.41, 5.74) is 3.93. The van der Waals surface area contributed by atoms with Crippen LogP contribution >= 0.6 is 12.4 Å². The van der Waals surface area contributed by atoms with Gasteiger partial charge in [-0.1, -0.05) is 24.3 Å². The van der Waals surface area contributed by atoms with Crippen LogP contribution < -0.4 is 4.74 Å². The number of para-hydroxylation sites is 1. The van der Waals surface area contributed by atoms with Crippen LogP contribution in [0.1, 0.15) is 18.4 Å². The highest BCUT2D eigenvalue weighted by Crippen LogP contribution is 2.33. The zero-order valence-corrected chi connectivity index (χ0v) is 13.8. The zero-order valence-electron chi connectivity index (χ0n) is 13.0. The van der Waals surface area contributed by atoms with Crippen molar-refractivity contribution in [1.29, 1.82) is 0 Å². The standard InChI is InChI=1S/C18H22N2O.ClH/c1-19(10-14-6-7-14)11-15-8-9-20-12-16-4-2-3-5-18(16)21-13-17(15)20;/h2-5,8,13-14H,6-7,9-12H2,1H3;1H. The molecule has 1 fully saturated rings. The summed E-state index contributed by atoms with van der Waals surface area (Å²) in [4.78, 5) is 4.86. The average molecular weight is 319 g/mol. The van der Waals surface area contributed by atoms with E-state index in [-0.39, 0.29) is 12.4 Å². The minimum atomic E-state index is 0. The van der Waals surface area contributed by atoms with Crippen LogP contribution in [-0.4, -0.2) is 36.5 Å². The average Bonchev–Trinajstić information content (AvgIpc) is 3.24. The lowest BCUT2D eigenvalue weighted by Crippen LogP contribution is -2.25. The van der Waals surface area contributed by atoms with Gasteiger partial charge in [0, 0.05) is 31.7 Å². The van der Waals surface area contributed by atoms with Crippen molar-refractivity contribution in [2.45, 2.75) is 19.4 Å². The molecular formula is C18H23ClN2O. The minimum absolute atomic E-state index is 0. The van der Waals surface area contributed by atoms with Crippen molar-refractivity contribution < 1.29 is 4.74 Å². The van der Waals surface area contributed by atoms with Crippen molar-refractivity contribution in [3.63, 3.8) is 0 Å². The third-order valence-electron chi connectivity index (χ3n) is 4.57. The molecule has 0 unspecified atom stereocenters. The normalized spacial score (nSPS) is 19.5. The summed E-state index contributed by atoms with van der Waals surface area (Å²) in [7, 11) is 2.23. The molecule has 1 saturated carbocycles. The SMILES string of the molecule is CN(CC1=CCN2Cc3ccccc3OC=C12)CC1CC1.Cl. The largest absolute Gasteiger partial charge is 0.462 e. The van der Waals surface area contributed by atoms with Crippen molar-refractivity contribution in [2.75, 3.05) is 26.7 Å². The Labute approximate surface area is 138 Å². The van der Waals surface area contributed by atoms with Crippen LogP contribution in [0.5, 0.6) is 5.75 Å². The summed E-state index contributed by atoms with van der Waals surface area (Å²) in [6.45, 7) is 4.19. The molecule has 0 radical (unpaired) electrons. The second-order valence-corrected chi connectivity index (χ2v) is 6.48. The fourth-order valence-corrected chi connectivity index (χ4v) is 3.24. The van der Waals surface area contributed by atoms with E-state index in [1.807, 2.05) is 12.3 Å². The van der Waals surface area contributed by atoms with E-state index < -0.39 is 0 Å². The van der Waals surface area contributed by atoms with E-state index in [4.69, 9.17) is 4.74 Å². The van der Waals surface area contributed by atoms with Crippen LogP contribution in [0.15, 0.2) is 47.9 Å². The predicted octanol–water partition coefficient (Wildman–Crippen LogP) is 3.43. The highest BCUT2D eigenvalue weighted by molar-refractivity contribution is 5.85. The first kappa shape index (κ1) is 15.4. The van der Waals surface area contributed by atoms with Crippen molar-refractivity contribution in [1.82, 2.24) is 9.80 Å². The summed E-state index contributed by atoms with van der Waals surface area (Å²) in [5.74, 6) is 1.93. The van der Waals surface area contributed by atoms with E-state index in [1.54, 1.807) is 0 Å². The van der Waals surface area contributed by atoms with E-state index in [1.165, 1.54) is 36.2 Å². The maximum Gasteiger partial charge on any atom is 0.131 e. The Morgan fingerprint density at radius 1 is 1.27 bits per heavy atom. The molecular weight excluding hydrogens is 296 g/mol. The third-order valence-corrected chi connectivity index (χ3v) is 4.57. The van der Waals surface area contributed by atoms with Gasteiger partial charge in [0.25, 0.3) is 0 Å². The van der Waals surface area contributed by atoms with Crippen LogP contribution in [0.3, 0.4) is 0 Å². The molecule has 0 aromatic heterocycles. The molecule has 1 aromatic rings. The molecule has 22 heavy (non-hydrogen) atoms. The second-order valence-electron chi connectivity index (χ2n) is 6.48. The first-order valence-electron chi connectivity index (χ1n) is 7.87. The van der Waals surface area contributed by atoms with E-state index in [9.17, 15) is 0 Å². The maximum atomic E-state index is 5.90. The number of hydrogen-bond acceptors (Lipinski definition) is 3. The van der Waals surface area contributed by atoms with E-state index in [2.05, 4.69) is 41.1 Å². The molecule has 0 saturated heterocycles. The lowest BCUT2D eigenvalue weighted by molar-refractivity contribution is 0.339. The number of hydrogen-bond donors (Lipinski definition) is 0. The number of likely N-dealkylation sites (N-methyl/N-ethyl adjacent to an activating group) is 1. The highest BCUT2D eigenvalue weighted by Gasteiger charge is 2.27. The smallest absolute Gasteiger partial charge is 0.131 e. The van der Waals surface area contributed by atoms with E-state index in [0.29, 0.717) is 0 Å². The molecule has 4 heteroatoms. The van der Waals surface area contributed by atoms with Crippen LogP contribution in [0.2, 0.25) is 0 Å². The van der Waals surface area contributed by atoms with Crippen molar-refractivity contribution >= 4 is 12.4 Å². The Kier molecular flexibility index (Phi) is 4.46. The topological polar surface area (TPSA) is 15.7 Å². The van der Waals surface area contributed by atoms with Gasteiger partial charge in [-0.15, -0.1) is 12.4 Å². The molecule has 0 spiro atoms. The number of rotatable bonds is 4. The van der Waals surface area contributed by atoms with Gasteiger partial charge in [0.2, 0.25) is 0 Å². The molecule has 0 bridgehead atoms. The van der Waals surface area contributed by atoms with Crippen molar-refractivity contribution in [3.8, 4) is 5.75 Å². The van der Waals surface area contributed by atoms with Gasteiger partial charge in [-0.05, 0) is 37.4 Å². The quantitative estimate of drug-likeness (QED) is 0.846. The molecule has 3 aliphatic rings. The molecule has 4 rings (SSSR count). The van der Waals surface area contributed by atoms with E-state index in [0.717, 1.165) is 31.3 Å². The number of nitrogens with zero attached hydrogens (tertiary/aromatic N) is 2. The Bertz CT molecular complexity index is 607. The Balaban J connectivity index is 0.00000144. The van der Waals surface area contributed by atoms with Crippen LogP contribution in [-0.2, 0) is 6.54 Å². The lowest BCUT2D eigenvalue weighted by Gasteiger charge is -2.22. The van der Waals surface area contributed by atoms with Gasteiger partial charge in [0.1, 0.15) is 12.0 Å². The fourth-order valence-electron chi connectivity index (χ4n) is 3.24. The fraction of sp³-hybridized carbons (Fsp3) is 0.444. The summed E-state index contributed by atoms with van der Waals surface area (Å²) in [6.07, 6.45) is 7.12. The number of ether oxygens (including phenoxy) is 1. The Hall–Kier alpha value is -1.45. The van der Waals surface area contributed by atoms with Crippen molar-refractivity contribution in [2.24, 2.45) is 5.92 Å². The summed E-state index contributed by atoms with van der Waals surface area (Å²) >= 11 is 0. The van der Waals surface area contributed by atoms with Crippen molar-refractivity contribution in [3.05, 3.63) is 53.4 Å². The third kappa shape index (κ3) is 3.16. The predicted molar refractivity (Wildman–Crippen MR) is 91.1 cm³/mol. The van der Waals surface area contributed by atoms with Gasteiger partial charge in [-0.3, -0.25) is 0 Å². The van der Waals surface area contributed by atoms with Crippen LogP contribution in [0.4, 0.5) is 0 Å². The number of halogens is 1. The molecule has 1 aromatic carbocycles.